The van der Waals surface area contributed by atoms with Crippen LogP contribution in [0, 0.1) is 0 Å². The molecule has 1 rings (SSSR count). The topological polar surface area (TPSA) is 47.0 Å². The third-order valence-corrected chi connectivity index (χ3v) is 4.73. The van der Waals surface area contributed by atoms with E-state index in [1.807, 2.05) is 13.2 Å². The lowest BCUT2D eigenvalue weighted by Gasteiger charge is -2.03. The maximum atomic E-state index is 5.22. The van der Waals surface area contributed by atoms with Gasteiger partial charge < -0.3 is 10.1 Å². The van der Waals surface area contributed by atoms with Crippen molar-refractivity contribution in [3.05, 3.63) is 0 Å². The molecule has 0 saturated heterocycles. The zero-order chi connectivity index (χ0) is 11.6. The third kappa shape index (κ3) is 6.05. The summed E-state index contributed by atoms with van der Waals surface area (Å²) in [7, 11) is 0. The van der Waals surface area contributed by atoms with E-state index in [9.17, 15) is 0 Å². The van der Waals surface area contributed by atoms with Crippen LogP contribution in [0.3, 0.4) is 0 Å². The van der Waals surface area contributed by atoms with E-state index in [-0.39, 0.29) is 0 Å². The SMILES string of the molecule is CCOCCNCCSc1nnc(SC)s1. The second kappa shape index (κ2) is 9.23. The quantitative estimate of drug-likeness (QED) is 0.551. The maximum absolute atomic E-state index is 5.22. The van der Waals surface area contributed by atoms with Crippen molar-refractivity contribution >= 4 is 34.9 Å². The Bertz CT molecular complexity index is 283. The van der Waals surface area contributed by atoms with Crippen LogP contribution >= 0.6 is 34.9 Å². The molecule has 0 spiro atoms. The number of ether oxygens (including phenoxy) is 1. The van der Waals surface area contributed by atoms with Gasteiger partial charge in [-0.1, -0.05) is 34.9 Å². The minimum atomic E-state index is 0.788. The number of nitrogens with one attached hydrogen (secondary N) is 1. The van der Waals surface area contributed by atoms with Gasteiger partial charge in [0.1, 0.15) is 0 Å². The molecule has 0 aliphatic carbocycles. The molecule has 0 aromatic carbocycles. The Morgan fingerprint density at radius 2 is 2.12 bits per heavy atom. The van der Waals surface area contributed by atoms with Crippen molar-refractivity contribution < 1.29 is 4.74 Å². The van der Waals surface area contributed by atoms with Crippen LogP contribution in [0.1, 0.15) is 6.92 Å². The van der Waals surface area contributed by atoms with E-state index < -0.39 is 0 Å². The first-order chi connectivity index (χ1) is 7.86. The van der Waals surface area contributed by atoms with Crippen LogP contribution in [-0.2, 0) is 4.74 Å². The van der Waals surface area contributed by atoms with Crippen LogP contribution in [0.5, 0.6) is 0 Å². The summed E-state index contributed by atoms with van der Waals surface area (Å²) in [5.74, 6) is 1.02. The lowest BCUT2D eigenvalue weighted by Crippen LogP contribution is -2.22. The van der Waals surface area contributed by atoms with Crippen LogP contribution in [0.15, 0.2) is 8.68 Å². The number of thioether (sulfide) groups is 2. The van der Waals surface area contributed by atoms with Gasteiger partial charge in [0.05, 0.1) is 6.61 Å². The monoisotopic (exact) mass is 279 g/mol. The van der Waals surface area contributed by atoms with E-state index in [0.29, 0.717) is 0 Å². The second-order valence-electron chi connectivity index (χ2n) is 2.83. The normalized spacial score (nSPS) is 10.9. The first-order valence-corrected chi connectivity index (χ1v) is 8.18. The van der Waals surface area contributed by atoms with Crippen molar-refractivity contribution in [2.24, 2.45) is 0 Å². The van der Waals surface area contributed by atoms with Crippen molar-refractivity contribution in [3.63, 3.8) is 0 Å². The standard InChI is InChI=1S/C9H17N3OS3/c1-3-13-6-4-10-5-7-15-9-12-11-8(14-2)16-9/h10H,3-7H2,1-2H3. The smallest absolute Gasteiger partial charge is 0.175 e. The van der Waals surface area contributed by atoms with Gasteiger partial charge in [-0.05, 0) is 13.2 Å². The van der Waals surface area contributed by atoms with Crippen molar-refractivity contribution in [2.75, 3.05) is 38.3 Å². The Morgan fingerprint density at radius 1 is 1.31 bits per heavy atom. The third-order valence-electron chi connectivity index (χ3n) is 1.69. The summed E-state index contributed by atoms with van der Waals surface area (Å²) in [6.07, 6.45) is 2.02. The van der Waals surface area contributed by atoms with Gasteiger partial charge >= 0.3 is 0 Å². The van der Waals surface area contributed by atoms with Crippen molar-refractivity contribution in [1.29, 1.82) is 0 Å². The number of nitrogens with zero attached hydrogens (tertiary/aromatic N) is 2. The highest BCUT2D eigenvalue weighted by atomic mass is 32.2. The van der Waals surface area contributed by atoms with Gasteiger partial charge in [0.2, 0.25) is 0 Å². The summed E-state index contributed by atoms with van der Waals surface area (Å²) in [6.45, 7) is 5.48. The zero-order valence-electron chi connectivity index (χ0n) is 9.56. The van der Waals surface area contributed by atoms with Gasteiger partial charge in [-0.15, -0.1) is 10.2 Å². The van der Waals surface area contributed by atoms with Gasteiger partial charge in [-0.3, -0.25) is 0 Å². The molecule has 0 unspecified atom stereocenters. The zero-order valence-corrected chi connectivity index (χ0v) is 12.0. The summed E-state index contributed by atoms with van der Waals surface area (Å²) in [6, 6.07) is 0. The van der Waals surface area contributed by atoms with Gasteiger partial charge in [0.25, 0.3) is 0 Å². The van der Waals surface area contributed by atoms with Crippen LogP contribution in [0.25, 0.3) is 0 Å². The van der Waals surface area contributed by atoms with Crippen LogP contribution in [0.4, 0.5) is 0 Å². The predicted octanol–water partition coefficient (Wildman–Crippen LogP) is 1.98. The van der Waals surface area contributed by atoms with E-state index in [1.165, 1.54) is 0 Å². The number of rotatable bonds is 9. The molecule has 16 heavy (non-hydrogen) atoms. The van der Waals surface area contributed by atoms with Gasteiger partial charge in [-0.25, -0.2) is 0 Å². The minimum absolute atomic E-state index is 0.788. The maximum Gasteiger partial charge on any atom is 0.175 e. The number of aromatic nitrogens is 2. The highest BCUT2D eigenvalue weighted by molar-refractivity contribution is 8.02. The summed E-state index contributed by atoms with van der Waals surface area (Å²) in [5.41, 5.74) is 0. The highest BCUT2D eigenvalue weighted by Crippen LogP contribution is 2.26. The molecular weight excluding hydrogens is 262 g/mol. The summed E-state index contributed by atoms with van der Waals surface area (Å²) >= 11 is 5.05. The molecule has 0 radical (unpaired) electrons. The Kier molecular flexibility index (Phi) is 8.22. The molecule has 1 heterocycles. The fraction of sp³-hybridized carbons (Fsp3) is 0.778. The van der Waals surface area contributed by atoms with E-state index >= 15 is 0 Å². The largest absolute Gasteiger partial charge is 0.380 e. The summed E-state index contributed by atoms with van der Waals surface area (Å²) in [5, 5.41) is 11.5. The Balaban J connectivity index is 1.98. The second-order valence-corrected chi connectivity index (χ2v) is 6.21. The molecule has 0 aliphatic heterocycles. The van der Waals surface area contributed by atoms with Crippen molar-refractivity contribution in [1.82, 2.24) is 15.5 Å². The molecule has 92 valence electrons. The molecule has 1 N–H and O–H groups in total. The van der Waals surface area contributed by atoms with Gasteiger partial charge in [0.15, 0.2) is 8.68 Å². The van der Waals surface area contributed by atoms with Crippen LogP contribution < -0.4 is 5.32 Å². The number of hydrogen-bond donors (Lipinski definition) is 1. The molecule has 0 saturated carbocycles. The molecule has 0 amide bonds. The van der Waals surface area contributed by atoms with Crippen LogP contribution in [0.2, 0.25) is 0 Å². The van der Waals surface area contributed by atoms with E-state index in [4.69, 9.17) is 4.74 Å². The van der Waals surface area contributed by atoms with Crippen molar-refractivity contribution in [3.8, 4) is 0 Å². The Hall–Kier alpha value is 0.180. The molecule has 0 atom stereocenters. The van der Waals surface area contributed by atoms with Crippen molar-refractivity contribution in [2.45, 2.75) is 15.6 Å². The molecule has 0 fully saturated rings. The van der Waals surface area contributed by atoms with E-state index in [1.54, 1.807) is 34.9 Å². The van der Waals surface area contributed by atoms with E-state index in [0.717, 1.165) is 40.7 Å². The number of hydrogen-bond acceptors (Lipinski definition) is 7. The summed E-state index contributed by atoms with van der Waals surface area (Å²) < 4.78 is 7.31. The molecule has 7 heteroatoms. The van der Waals surface area contributed by atoms with E-state index in [2.05, 4.69) is 15.5 Å². The Labute approximate surface area is 109 Å². The first-order valence-electron chi connectivity index (χ1n) is 5.15. The lowest BCUT2D eigenvalue weighted by atomic mass is 10.6. The molecule has 4 nitrogen and oxygen atoms in total. The predicted molar refractivity (Wildman–Crippen MR) is 71.8 cm³/mol. The lowest BCUT2D eigenvalue weighted by molar-refractivity contribution is 0.150. The summed E-state index contributed by atoms with van der Waals surface area (Å²) in [4.78, 5) is 0. The average molecular weight is 279 g/mol. The fourth-order valence-electron chi connectivity index (χ4n) is 0.962. The molecule has 1 aromatic heterocycles. The highest BCUT2D eigenvalue weighted by Gasteiger charge is 2.02. The molecule has 0 aliphatic rings. The van der Waals surface area contributed by atoms with Crippen LogP contribution in [-0.4, -0.2) is 48.5 Å². The minimum Gasteiger partial charge on any atom is -0.380 e. The Morgan fingerprint density at radius 3 is 2.81 bits per heavy atom. The van der Waals surface area contributed by atoms with Gasteiger partial charge in [0, 0.05) is 25.4 Å². The first kappa shape index (κ1) is 14.2. The average Bonchev–Trinajstić information content (AvgIpc) is 2.76. The van der Waals surface area contributed by atoms with Gasteiger partial charge in [-0.2, -0.15) is 0 Å². The molecular formula is C9H17N3OS3. The fourth-order valence-corrected chi connectivity index (χ4v) is 3.37. The molecule has 0 bridgehead atoms. The molecule has 1 aromatic rings.